The van der Waals surface area contributed by atoms with E-state index in [0.717, 1.165) is 36.1 Å². The molecule has 2 aliphatic rings. The molecule has 1 aliphatic carbocycles. The van der Waals surface area contributed by atoms with Gasteiger partial charge in [0.1, 0.15) is 18.1 Å². The molecule has 2 N–H and O–H groups in total. The molecule has 1 saturated carbocycles. The van der Waals surface area contributed by atoms with Crippen molar-refractivity contribution in [3.63, 3.8) is 0 Å². The Kier molecular flexibility index (Phi) is 4.52. The smallest absolute Gasteiger partial charge is 0.216 e. The van der Waals surface area contributed by atoms with E-state index in [2.05, 4.69) is 33.9 Å². The maximum atomic E-state index is 13.7. The fourth-order valence-corrected chi connectivity index (χ4v) is 3.71. The number of ether oxygens (including phenoxy) is 1. The van der Waals surface area contributed by atoms with Crippen molar-refractivity contribution in [1.82, 2.24) is 14.9 Å². The molecule has 1 unspecified atom stereocenters. The zero-order valence-electron chi connectivity index (χ0n) is 16.9. The minimum atomic E-state index is -1.39. The summed E-state index contributed by atoms with van der Waals surface area (Å²) in [6, 6.07) is 4.28. The lowest BCUT2D eigenvalue weighted by molar-refractivity contribution is 0.117. The number of alkyl halides is 1. The molecular weight excluding hydrogens is 355 g/mol. The number of pyridine rings is 2. The van der Waals surface area contributed by atoms with Crippen molar-refractivity contribution in [2.75, 3.05) is 12.3 Å². The highest BCUT2D eigenvalue weighted by Gasteiger charge is 2.35. The first kappa shape index (κ1) is 18.7. The molecule has 1 atom stereocenters. The van der Waals surface area contributed by atoms with Gasteiger partial charge in [-0.15, -0.1) is 0 Å². The van der Waals surface area contributed by atoms with Gasteiger partial charge in [-0.1, -0.05) is 0 Å². The summed E-state index contributed by atoms with van der Waals surface area (Å²) in [6.07, 6.45) is 5.90. The summed E-state index contributed by atoms with van der Waals surface area (Å²) in [6.45, 7) is 7.86. The van der Waals surface area contributed by atoms with Crippen LogP contribution in [0, 0.1) is 6.92 Å². The molecule has 4 rings (SSSR count). The van der Waals surface area contributed by atoms with E-state index in [9.17, 15) is 4.39 Å². The molecule has 0 spiro atoms. The number of hydrogen-bond acceptors (Lipinski definition) is 5. The molecule has 0 amide bonds. The highest BCUT2D eigenvalue weighted by atomic mass is 19.1. The quantitative estimate of drug-likeness (QED) is 0.820. The van der Waals surface area contributed by atoms with Crippen LogP contribution in [0.25, 0.3) is 5.70 Å². The fraction of sp³-hybridized carbons (Fsp3) is 0.455. The first-order valence-corrected chi connectivity index (χ1v) is 9.75. The van der Waals surface area contributed by atoms with Gasteiger partial charge >= 0.3 is 0 Å². The molecule has 2 aromatic rings. The Morgan fingerprint density at radius 3 is 2.71 bits per heavy atom. The molecule has 3 heterocycles. The van der Waals surface area contributed by atoms with Crippen molar-refractivity contribution < 1.29 is 9.13 Å². The molecule has 148 valence electrons. The van der Waals surface area contributed by atoms with Gasteiger partial charge in [-0.3, -0.25) is 0 Å². The van der Waals surface area contributed by atoms with E-state index in [4.69, 9.17) is 10.5 Å². The zero-order chi connectivity index (χ0) is 20.1. The first-order valence-electron chi connectivity index (χ1n) is 9.75. The van der Waals surface area contributed by atoms with Crippen molar-refractivity contribution in [2.45, 2.75) is 58.8 Å². The van der Waals surface area contributed by atoms with Crippen molar-refractivity contribution in [3.8, 4) is 5.88 Å². The minimum Gasteiger partial charge on any atom is -0.474 e. The standard InChI is InChI=1S/C22H27FN4O/c1-13-9-16(10-26-21(13)28-12-22(3,4)23)14(2)27-11-18-17(7-8-25-20(18)24)19(27)15-5-6-15/h7-10,14H,5-6,11-12H2,1-4H3,(H2,24,25). The van der Waals surface area contributed by atoms with E-state index in [-0.39, 0.29) is 12.6 Å². The number of anilines is 1. The molecule has 2 aromatic heterocycles. The Morgan fingerprint density at radius 1 is 1.32 bits per heavy atom. The van der Waals surface area contributed by atoms with Gasteiger partial charge in [0.2, 0.25) is 5.88 Å². The largest absolute Gasteiger partial charge is 0.474 e. The highest BCUT2D eigenvalue weighted by molar-refractivity contribution is 5.78. The van der Waals surface area contributed by atoms with Crippen molar-refractivity contribution in [2.24, 2.45) is 0 Å². The van der Waals surface area contributed by atoms with Crippen LogP contribution in [0.1, 0.15) is 61.9 Å². The Bertz CT molecular complexity index is 942. The van der Waals surface area contributed by atoms with Crippen LogP contribution in [0.2, 0.25) is 0 Å². The molecule has 1 fully saturated rings. The summed E-state index contributed by atoms with van der Waals surface area (Å²) >= 11 is 0. The third kappa shape index (κ3) is 3.55. The molecule has 5 nitrogen and oxygen atoms in total. The van der Waals surface area contributed by atoms with Crippen LogP contribution in [0.15, 0.2) is 30.1 Å². The fourth-order valence-electron chi connectivity index (χ4n) is 3.71. The lowest BCUT2D eigenvalue weighted by atomic mass is 10.1. The Labute approximate surface area is 165 Å². The molecule has 0 radical (unpaired) electrons. The second kappa shape index (κ2) is 6.76. The summed E-state index contributed by atoms with van der Waals surface area (Å²) < 4.78 is 19.3. The normalized spacial score (nSPS) is 17.0. The molecule has 1 aliphatic heterocycles. The van der Waals surface area contributed by atoms with Crippen LogP contribution in [-0.2, 0) is 6.54 Å². The Hall–Kier alpha value is -2.63. The lowest BCUT2D eigenvalue weighted by Gasteiger charge is -2.29. The zero-order valence-corrected chi connectivity index (χ0v) is 16.9. The summed E-state index contributed by atoms with van der Waals surface area (Å²) in [5.74, 6) is 1.10. The number of aromatic nitrogens is 2. The van der Waals surface area contributed by atoms with Gasteiger partial charge in [0.15, 0.2) is 0 Å². The van der Waals surface area contributed by atoms with Gasteiger partial charge in [-0.05, 0) is 63.8 Å². The van der Waals surface area contributed by atoms with Gasteiger partial charge in [-0.2, -0.15) is 0 Å². The molecular formula is C22H27FN4O. The monoisotopic (exact) mass is 382 g/mol. The molecule has 0 bridgehead atoms. The van der Waals surface area contributed by atoms with Crippen molar-refractivity contribution >= 4 is 11.5 Å². The second-order valence-corrected chi connectivity index (χ2v) is 8.38. The van der Waals surface area contributed by atoms with E-state index in [1.54, 1.807) is 6.20 Å². The number of nitrogen functional groups attached to an aromatic ring is 1. The number of halogens is 1. The highest BCUT2D eigenvalue weighted by Crippen LogP contribution is 2.47. The SMILES string of the molecule is Cc1cc(C(C)N2Cc3c(ccnc3N)C2=C2CC2)cnc1OCC(C)(C)F. The van der Waals surface area contributed by atoms with Crippen LogP contribution in [0.3, 0.4) is 0 Å². The molecule has 0 saturated heterocycles. The van der Waals surface area contributed by atoms with E-state index >= 15 is 0 Å². The van der Waals surface area contributed by atoms with Crippen LogP contribution in [-0.4, -0.2) is 27.1 Å². The predicted octanol–water partition coefficient (Wildman–Crippen LogP) is 4.58. The van der Waals surface area contributed by atoms with E-state index in [1.165, 1.54) is 30.7 Å². The van der Waals surface area contributed by atoms with Gasteiger partial charge < -0.3 is 15.4 Å². The Balaban J connectivity index is 1.60. The predicted molar refractivity (Wildman–Crippen MR) is 108 cm³/mol. The number of hydrogen-bond donors (Lipinski definition) is 1. The average molecular weight is 382 g/mol. The lowest BCUT2D eigenvalue weighted by Crippen LogP contribution is -2.23. The minimum absolute atomic E-state index is 0.0142. The van der Waals surface area contributed by atoms with Crippen LogP contribution in [0.4, 0.5) is 10.2 Å². The van der Waals surface area contributed by atoms with E-state index in [1.807, 2.05) is 13.1 Å². The van der Waals surface area contributed by atoms with Gasteiger partial charge in [0.25, 0.3) is 0 Å². The topological polar surface area (TPSA) is 64.3 Å². The summed E-state index contributed by atoms with van der Waals surface area (Å²) in [5.41, 5.74) is 11.9. The van der Waals surface area contributed by atoms with Gasteiger partial charge in [-0.25, -0.2) is 14.4 Å². The third-order valence-corrected chi connectivity index (χ3v) is 5.35. The number of allylic oxidation sites excluding steroid dienone is 1. The van der Waals surface area contributed by atoms with E-state index < -0.39 is 5.67 Å². The summed E-state index contributed by atoms with van der Waals surface area (Å²) in [7, 11) is 0. The number of nitrogens with zero attached hydrogens (tertiary/aromatic N) is 3. The Morgan fingerprint density at radius 2 is 2.07 bits per heavy atom. The van der Waals surface area contributed by atoms with Gasteiger partial charge in [0.05, 0.1) is 6.04 Å². The van der Waals surface area contributed by atoms with Gasteiger partial charge in [0, 0.05) is 41.3 Å². The molecule has 0 aromatic carbocycles. The summed E-state index contributed by atoms with van der Waals surface area (Å²) in [5, 5.41) is 0. The van der Waals surface area contributed by atoms with Crippen LogP contribution in [0.5, 0.6) is 5.88 Å². The number of nitrogens with two attached hydrogens (primary N) is 1. The first-order chi connectivity index (χ1) is 13.2. The maximum Gasteiger partial charge on any atom is 0.216 e. The third-order valence-electron chi connectivity index (χ3n) is 5.35. The van der Waals surface area contributed by atoms with Crippen LogP contribution >= 0.6 is 0 Å². The van der Waals surface area contributed by atoms with Crippen molar-refractivity contribution in [1.29, 1.82) is 0 Å². The van der Waals surface area contributed by atoms with Crippen molar-refractivity contribution in [3.05, 3.63) is 52.4 Å². The average Bonchev–Trinajstić information content (AvgIpc) is 3.39. The summed E-state index contributed by atoms with van der Waals surface area (Å²) in [4.78, 5) is 11.1. The van der Waals surface area contributed by atoms with E-state index in [0.29, 0.717) is 11.7 Å². The molecule has 6 heteroatoms. The maximum absolute atomic E-state index is 13.7. The van der Waals surface area contributed by atoms with Crippen LogP contribution < -0.4 is 10.5 Å². The molecule has 28 heavy (non-hydrogen) atoms. The number of aryl methyl sites for hydroxylation is 1. The number of fused-ring (bicyclic) bond motifs is 1. The number of rotatable bonds is 5. The second-order valence-electron chi connectivity index (χ2n) is 8.38.